The molecule has 0 aliphatic rings. The van der Waals surface area contributed by atoms with E-state index in [1.807, 2.05) is 84.0 Å². The third-order valence-electron chi connectivity index (χ3n) is 6.56. The zero-order chi connectivity index (χ0) is 26.8. The van der Waals surface area contributed by atoms with Gasteiger partial charge in [-0.3, -0.25) is 0 Å². The minimum Gasteiger partial charge on any atom is -0.488 e. The molecule has 0 bridgehead atoms. The fraction of sp³-hybridized carbons (Fsp3) is 0.379. The van der Waals surface area contributed by atoms with Gasteiger partial charge in [0.2, 0.25) is 5.82 Å². The number of benzene rings is 3. The molecule has 3 aromatic rings. The van der Waals surface area contributed by atoms with Gasteiger partial charge in [-0.1, -0.05) is 91.2 Å². The van der Waals surface area contributed by atoms with E-state index < -0.39 is 48.1 Å². The summed E-state index contributed by atoms with van der Waals surface area (Å²) in [4.78, 5) is 0. The van der Waals surface area contributed by atoms with Crippen LogP contribution in [-0.2, 0) is 17.2 Å². The SMILES string of the molecule is CCC(CC)(Pc1c(F)c(F)c(F)c(F)c1F)c1cc(C)cc(C(C)(C)C)c1OCc1ccccc1. The van der Waals surface area contributed by atoms with Crippen LogP contribution in [0.4, 0.5) is 22.0 Å². The number of halogens is 5. The van der Waals surface area contributed by atoms with Crippen molar-refractivity contribution in [3.05, 3.63) is 93.8 Å². The standard InChI is InChI=1S/C29H32F5OP/c1-7-29(8-2,36-27-24(33)22(31)21(30)23(32)25(27)34)20-15-17(3)14-19(28(4,5)6)26(20)35-16-18-12-10-9-11-13-18/h9-15,36H,7-8,16H2,1-6H3. The lowest BCUT2D eigenvalue weighted by molar-refractivity contribution is 0.289. The highest BCUT2D eigenvalue weighted by Crippen LogP contribution is 2.53. The van der Waals surface area contributed by atoms with Gasteiger partial charge >= 0.3 is 0 Å². The van der Waals surface area contributed by atoms with Crippen LogP contribution in [0.3, 0.4) is 0 Å². The minimum absolute atomic E-state index is 0.273. The number of ether oxygens (including phenoxy) is 1. The van der Waals surface area contributed by atoms with Crippen LogP contribution in [0.2, 0.25) is 0 Å². The maximum absolute atomic E-state index is 14.8. The molecule has 0 spiro atoms. The predicted octanol–water partition coefficient (Wildman–Crippen LogP) is 8.59. The fourth-order valence-corrected chi connectivity index (χ4v) is 5.99. The van der Waals surface area contributed by atoms with Crippen LogP contribution >= 0.6 is 8.58 Å². The molecule has 0 saturated carbocycles. The van der Waals surface area contributed by atoms with Gasteiger partial charge in [-0.05, 0) is 30.7 Å². The molecule has 36 heavy (non-hydrogen) atoms. The van der Waals surface area contributed by atoms with Crippen LogP contribution < -0.4 is 10.0 Å². The summed E-state index contributed by atoms with van der Waals surface area (Å²) in [5.74, 6) is -8.93. The third-order valence-corrected chi connectivity index (χ3v) is 8.71. The lowest BCUT2D eigenvalue weighted by Gasteiger charge is -2.37. The summed E-state index contributed by atoms with van der Waals surface area (Å²) in [5, 5.41) is -1.68. The summed E-state index contributed by atoms with van der Waals surface area (Å²) in [6.07, 6.45) is 0.826. The maximum Gasteiger partial charge on any atom is 0.200 e. The molecule has 0 heterocycles. The van der Waals surface area contributed by atoms with E-state index in [2.05, 4.69) is 0 Å². The number of aryl methyl sites for hydroxylation is 1. The van der Waals surface area contributed by atoms with Crippen LogP contribution in [0.25, 0.3) is 0 Å². The van der Waals surface area contributed by atoms with E-state index in [1.54, 1.807) is 0 Å². The molecule has 0 fully saturated rings. The monoisotopic (exact) mass is 522 g/mol. The first-order valence-corrected chi connectivity index (χ1v) is 13.0. The first-order valence-electron chi connectivity index (χ1n) is 12.0. The smallest absolute Gasteiger partial charge is 0.200 e. The molecule has 3 aromatic carbocycles. The Balaban J connectivity index is 2.25. The number of hydrogen-bond donors (Lipinski definition) is 0. The molecular weight excluding hydrogens is 490 g/mol. The molecule has 0 saturated heterocycles. The van der Waals surface area contributed by atoms with E-state index >= 15 is 0 Å². The fourth-order valence-electron chi connectivity index (χ4n) is 4.40. The van der Waals surface area contributed by atoms with E-state index in [9.17, 15) is 22.0 Å². The van der Waals surface area contributed by atoms with Gasteiger partial charge in [-0.15, -0.1) is 0 Å². The summed E-state index contributed by atoms with van der Waals surface area (Å²) in [6, 6.07) is 13.6. The van der Waals surface area contributed by atoms with E-state index in [-0.39, 0.29) is 12.0 Å². The van der Waals surface area contributed by atoms with Crippen molar-refractivity contribution in [2.24, 2.45) is 0 Å². The van der Waals surface area contributed by atoms with Crippen LogP contribution in [-0.4, -0.2) is 0 Å². The number of rotatable bonds is 8. The molecular formula is C29H32F5OP. The van der Waals surface area contributed by atoms with Gasteiger partial charge in [0.05, 0.1) is 5.30 Å². The number of hydrogen-bond acceptors (Lipinski definition) is 1. The maximum atomic E-state index is 14.8. The van der Waals surface area contributed by atoms with E-state index in [0.29, 0.717) is 18.6 Å². The Kier molecular flexibility index (Phi) is 8.50. The third kappa shape index (κ3) is 5.44. The molecule has 1 atom stereocenters. The van der Waals surface area contributed by atoms with Crippen molar-refractivity contribution in [1.29, 1.82) is 0 Å². The summed E-state index contributed by atoms with van der Waals surface area (Å²) in [5.41, 5.74) is 3.19. The summed E-state index contributed by atoms with van der Waals surface area (Å²) >= 11 is 0. The highest BCUT2D eigenvalue weighted by Gasteiger charge is 2.38. The molecule has 0 amide bonds. The quantitative estimate of drug-likeness (QED) is 0.125. The zero-order valence-electron chi connectivity index (χ0n) is 21.5. The van der Waals surface area contributed by atoms with E-state index in [1.165, 1.54) is 0 Å². The van der Waals surface area contributed by atoms with Crippen LogP contribution in [0, 0.1) is 36.0 Å². The topological polar surface area (TPSA) is 9.23 Å². The lowest BCUT2D eigenvalue weighted by Crippen LogP contribution is -2.28. The van der Waals surface area contributed by atoms with Crippen LogP contribution in [0.15, 0.2) is 42.5 Å². The van der Waals surface area contributed by atoms with Gasteiger partial charge in [-0.2, -0.15) is 0 Å². The van der Waals surface area contributed by atoms with Crippen LogP contribution in [0.5, 0.6) is 5.75 Å². The molecule has 0 aliphatic heterocycles. The van der Waals surface area contributed by atoms with Gasteiger partial charge in [0.25, 0.3) is 0 Å². The van der Waals surface area contributed by atoms with Gasteiger partial charge in [0.1, 0.15) is 12.4 Å². The average Bonchev–Trinajstić information content (AvgIpc) is 2.86. The van der Waals surface area contributed by atoms with Crippen molar-refractivity contribution in [2.45, 2.75) is 71.6 Å². The molecule has 194 valence electrons. The summed E-state index contributed by atoms with van der Waals surface area (Å²) in [7, 11) is -0.703. The minimum atomic E-state index is -2.14. The molecule has 0 aliphatic carbocycles. The van der Waals surface area contributed by atoms with E-state index in [0.717, 1.165) is 22.3 Å². The lowest BCUT2D eigenvalue weighted by atomic mass is 9.80. The normalized spacial score (nSPS) is 12.5. The Hall–Kier alpha value is -2.46. The van der Waals surface area contributed by atoms with Crippen molar-refractivity contribution in [3.8, 4) is 5.75 Å². The van der Waals surface area contributed by atoms with Crippen molar-refractivity contribution in [2.75, 3.05) is 0 Å². The molecule has 3 rings (SSSR count). The highest BCUT2D eigenvalue weighted by atomic mass is 31.1. The predicted molar refractivity (Wildman–Crippen MR) is 137 cm³/mol. The van der Waals surface area contributed by atoms with Crippen molar-refractivity contribution in [3.63, 3.8) is 0 Å². The van der Waals surface area contributed by atoms with E-state index in [4.69, 9.17) is 4.74 Å². The molecule has 7 heteroatoms. The molecule has 0 N–H and O–H groups in total. The average molecular weight is 523 g/mol. The van der Waals surface area contributed by atoms with Gasteiger partial charge in [0.15, 0.2) is 23.3 Å². The van der Waals surface area contributed by atoms with Crippen molar-refractivity contribution >= 4 is 13.9 Å². The second-order valence-electron chi connectivity index (χ2n) is 10.1. The highest BCUT2D eigenvalue weighted by molar-refractivity contribution is 7.48. The molecule has 1 nitrogen and oxygen atoms in total. The Bertz CT molecular complexity index is 1200. The summed E-state index contributed by atoms with van der Waals surface area (Å²) < 4.78 is 77.9. The largest absolute Gasteiger partial charge is 0.488 e. The zero-order valence-corrected chi connectivity index (χ0v) is 22.5. The van der Waals surface area contributed by atoms with Gasteiger partial charge in [-0.25, -0.2) is 22.0 Å². The Morgan fingerprint density at radius 1 is 0.750 bits per heavy atom. The summed E-state index contributed by atoms with van der Waals surface area (Å²) in [6.45, 7) is 12.1. The first-order chi connectivity index (χ1) is 16.9. The molecule has 1 unspecified atom stereocenters. The second kappa shape index (κ2) is 10.9. The van der Waals surface area contributed by atoms with Crippen molar-refractivity contribution in [1.82, 2.24) is 0 Å². The van der Waals surface area contributed by atoms with Crippen molar-refractivity contribution < 1.29 is 26.7 Å². The Labute approximate surface area is 211 Å². The van der Waals surface area contributed by atoms with Gasteiger partial charge in [0, 0.05) is 16.3 Å². The van der Waals surface area contributed by atoms with Crippen LogP contribution in [0.1, 0.15) is 69.7 Å². The first kappa shape index (κ1) is 28.1. The molecule has 0 radical (unpaired) electrons. The Morgan fingerprint density at radius 3 is 1.75 bits per heavy atom. The molecule has 0 aromatic heterocycles. The Morgan fingerprint density at radius 2 is 1.25 bits per heavy atom. The van der Waals surface area contributed by atoms with Gasteiger partial charge < -0.3 is 4.74 Å². The second-order valence-corrected chi connectivity index (χ2v) is 11.8.